The molecule has 0 fully saturated rings. The van der Waals surface area contributed by atoms with Crippen molar-refractivity contribution in [2.24, 2.45) is 20.5 Å². The number of nitrogens with one attached hydrogen (secondary N) is 4. The van der Waals surface area contributed by atoms with Crippen LogP contribution in [0.25, 0.3) is 0 Å². The van der Waals surface area contributed by atoms with E-state index in [4.69, 9.17) is 0 Å². The molecule has 2 heterocycles. The van der Waals surface area contributed by atoms with Crippen molar-refractivity contribution in [1.82, 2.24) is 9.97 Å². The van der Waals surface area contributed by atoms with Gasteiger partial charge in [0.15, 0.2) is 11.6 Å². The van der Waals surface area contributed by atoms with Crippen molar-refractivity contribution >= 4 is 76.1 Å². The molecule has 4 aromatic carbocycles. The lowest BCUT2D eigenvalue weighted by Gasteiger charge is -2.15. The van der Waals surface area contributed by atoms with Crippen LogP contribution in [0.3, 0.4) is 0 Å². The third kappa shape index (κ3) is 13.3. The molecule has 0 bridgehead atoms. The van der Waals surface area contributed by atoms with E-state index in [0.717, 1.165) is 11.1 Å². The normalized spacial score (nSPS) is 11.9. The minimum atomic E-state index is -4.35. The first-order valence-electron chi connectivity index (χ1n) is 21.4. The molecule has 25 heteroatoms. The number of nitriles is 2. The number of nitrogens with zero attached hydrogens (tertiary/aromatic N) is 8. The summed E-state index contributed by atoms with van der Waals surface area (Å²) >= 11 is 0. The van der Waals surface area contributed by atoms with E-state index in [9.17, 15) is 55.1 Å². The van der Waals surface area contributed by atoms with Crippen molar-refractivity contribution < 1.29 is 44.6 Å². The SMILES string of the molecule is Cc1c(C#N)c(NCCO)nc(NCCc2ccc(S(=O)(=O)O)cc2)c1/N=N/c1ccc(S(=O)(=O)c2ccc(/N=N/c3c(NCCc4ccc(S(=O)(=O)O)cc4)nc(NCCO)c(C#N)c3C)cc2)cc1. The molecule has 22 nitrogen and oxygen atoms in total. The number of aliphatic hydroxyl groups is 2. The Morgan fingerprint density at radius 2 is 0.803 bits per heavy atom. The van der Waals surface area contributed by atoms with Crippen molar-refractivity contribution in [2.75, 3.05) is 60.7 Å². The van der Waals surface area contributed by atoms with Crippen LogP contribution in [0.5, 0.6) is 0 Å². The smallest absolute Gasteiger partial charge is 0.294 e. The summed E-state index contributed by atoms with van der Waals surface area (Å²) in [5.74, 6) is 0.881. The molecule has 0 saturated carbocycles. The van der Waals surface area contributed by atoms with Crippen LogP contribution in [0.2, 0.25) is 0 Å². The Balaban J connectivity index is 1.19. The van der Waals surface area contributed by atoms with E-state index < -0.39 is 30.1 Å². The summed E-state index contributed by atoms with van der Waals surface area (Å²) in [4.78, 5) is 8.50. The summed E-state index contributed by atoms with van der Waals surface area (Å²) in [5, 5.41) is 68.4. The fraction of sp³-hybridized carbons (Fsp3) is 0.217. The predicted molar refractivity (Wildman–Crippen MR) is 262 cm³/mol. The molecule has 0 atom stereocenters. The molecule has 0 aliphatic rings. The van der Waals surface area contributed by atoms with E-state index >= 15 is 0 Å². The molecule has 0 radical (unpaired) electrons. The fourth-order valence-electron chi connectivity index (χ4n) is 6.80. The van der Waals surface area contributed by atoms with Gasteiger partial charge in [0, 0.05) is 37.3 Å². The number of anilines is 4. The molecule has 8 N–H and O–H groups in total. The summed E-state index contributed by atoms with van der Waals surface area (Å²) in [5.41, 5.74) is 3.62. The molecular formula is C46H46N12O10S3. The van der Waals surface area contributed by atoms with E-state index in [0.29, 0.717) is 24.0 Å². The first-order chi connectivity index (χ1) is 33.9. The van der Waals surface area contributed by atoms with Crippen LogP contribution in [-0.2, 0) is 42.9 Å². The van der Waals surface area contributed by atoms with Crippen LogP contribution in [0.15, 0.2) is 137 Å². The van der Waals surface area contributed by atoms with Gasteiger partial charge in [-0.15, -0.1) is 10.2 Å². The standard InChI is InChI=1S/C46H46N12O10S3/c1-29-39(27-47)43(51-23-25-59)53-45(49-21-19-31-3-11-37(12-4-31)70(63,64)65)41(29)57-55-33-7-15-35(16-8-33)69(61,62)36-17-9-34(10-18-36)56-58-42-30(2)40(28-48)44(52-24-26-60)54-46(42)50-22-20-32-5-13-38(14-6-32)71(66,67)68/h3-18,59-60H,19-26H2,1-2H3,(H2,49,51,53)(H2,50,52,54)(H,63,64,65)(H,66,67,68)/b57-55+,58-56+. The van der Waals surface area contributed by atoms with Crippen LogP contribution in [0, 0.1) is 36.5 Å². The fourth-order valence-corrected chi connectivity index (χ4v) is 9.02. The maximum atomic E-state index is 13.8. The topological polar surface area (TPSA) is 354 Å². The molecule has 0 aliphatic heterocycles. The van der Waals surface area contributed by atoms with Gasteiger partial charge in [0.05, 0.1) is 55.3 Å². The number of benzene rings is 4. The lowest BCUT2D eigenvalue weighted by atomic mass is 10.1. The zero-order valence-corrected chi connectivity index (χ0v) is 40.4. The highest BCUT2D eigenvalue weighted by atomic mass is 32.2. The Labute approximate surface area is 409 Å². The molecule has 0 aliphatic carbocycles. The summed E-state index contributed by atoms with van der Waals surface area (Å²) < 4.78 is 91.9. The van der Waals surface area contributed by atoms with Crippen LogP contribution < -0.4 is 21.3 Å². The van der Waals surface area contributed by atoms with Gasteiger partial charge >= 0.3 is 0 Å². The third-order valence-corrected chi connectivity index (χ3v) is 14.1. The van der Waals surface area contributed by atoms with Crippen LogP contribution in [-0.4, -0.2) is 93.9 Å². The summed E-state index contributed by atoms with van der Waals surface area (Å²) in [7, 11) is -12.8. The first kappa shape index (κ1) is 52.6. The van der Waals surface area contributed by atoms with Gasteiger partial charge in [-0.2, -0.15) is 37.6 Å². The second-order valence-corrected chi connectivity index (χ2v) is 20.1. The van der Waals surface area contributed by atoms with Crippen molar-refractivity contribution in [3.8, 4) is 12.1 Å². The van der Waals surface area contributed by atoms with Crippen molar-refractivity contribution in [3.63, 3.8) is 0 Å². The highest BCUT2D eigenvalue weighted by molar-refractivity contribution is 7.91. The Morgan fingerprint density at radius 3 is 1.11 bits per heavy atom. The molecule has 0 amide bonds. The molecule has 6 aromatic rings. The van der Waals surface area contributed by atoms with Crippen molar-refractivity contribution in [2.45, 2.75) is 46.3 Å². The molecule has 0 unspecified atom stereocenters. The van der Waals surface area contributed by atoms with E-state index in [1.165, 1.54) is 72.8 Å². The average molecular weight is 1020 g/mol. The molecular weight excluding hydrogens is 977 g/mol. The first-order valence-corrected chi connectivity index (χ1v) is 25.7. The zero-order valence-electron chi connectivity index (χ0n) is 37.9. The lowest BCUT2D eigenvalue weighted by Crippen LogP contribution is -2.13. The monoisotopic (exact) mass is 1020 g/mol. The maximum absolute atomic E-state index is 13.8. The highest BCUT2D eigenvalue weighted by Gasteiger charge is 2.21. The quantitative estimate of drug-likeness (QED) is 0.0248. The Bertz CT molecular complexity index is 3160. The van der Waals surface area contributed by atoms with Crippen LogP contribution in [0.4, 0.5) is 46.0 Å². The van der Waals surface area contributed by atoms with E-state index in [1.54, 1.807) is 38.1 Å². The zero-order chi connectivity index (χ0) is 51.3. The summed E-state index contributed by atoms with van der Waals surface area (Å²) in [6.07, 6.45) is 0.801. The number of pyridine rings is 2. The van der Waals surface area contributed by atoms with Crippen molar-refractivity contribution in [1.29, 1.82) is 10.5 Å². The molecule has 6 rings (SSSR count). The Morgan fingerprint density at radius 1 is 0.479 bits per heavy atom. The Hall–Kier alpha value is -7.75. The van der Waals surface area contributed by atoms with Gasteiger partial charge in [-0.25, -0.2) is 18.4 Å². The highest BCUT2D eigenvalue weighted by Crippen LogP contribution is 2.37. The van der Waals surface area contributed by atoms with Crippen molar-refractivity contribution in [3.05, 3.63) is 130 Å². The number of hydrogen-bond acceptors (Lipinski definition) is 20. The second kappa shape index (κ2) is 23.2. The number of sulfone groups is 1. The lowest BCUT2D eigenvalue weighted by molar-refractivity contribution is 0.310. The third-order valence-electron chi connectivity index (χ3n) is 10.5. The number of aliphatic hydroxyl groups excluding tert-OH is 2. The maximum Gasteiger partial charge on any atom is 0.294 e. The number of rotatable bonds is 22. The second-order valence-electron chi connectivity index (χ2n) is 15.3. The number of azo groups is 2. The van der Waals surface area contributed by atoms with Gasteiger partial charge in [0.1, 0.15) is 35.1 Å². The van der Waals surface area contributed by atoms with Gasteiger partial charge in [-0.05, 0) is 111 Å². The summed E-state index contributed by atoms with van der Waals surface area (Å²) in [6.45, 7) is 3.65. The molecule has 0 spiro atoms. The van der Waals surface area contributed by atoms with Gasteiger partial charge in [0.25, 0.3) is 20.2 Å². The predicted octanol–water partition coefficient (Wildman–Crippen LogP) is 7.11. The average Bonchev–Trinajstić information content (AvgIpc) is 3.34. The van der Waals surface area contributed by atoms with Gasteiger partial charge in [0.2, 0.25) is 9.84 Å². The minimum absolute atomic E-state index is 0.0487. The van der Waals surface area contributed by atoms with Crippen LogP contribution in [0.1, 0.15) is 33.4 Å². The molecule has 0 saturated heterocycles. The number of aromatic nitrogens is 2. The Kier molecular flexibility index (Phi) is 17.2. The molecule has 368 valence electrons. The number of hydrogen-bond donors (Lipinski definition) is 8. The molecule has 2 aromatic heterocycles. The molecule has 71 heavy (non-hydrogen) atoms. The van der Waals surface area contributed by atoms with Gasteiger partial charge < -0.3 is 31.5 Å². The van der Waals surface area contributed by atoms with E-state index in [2.05, 4.69) is 63.8 Å². The minimum Gasteiger partial charge on any atom is -0.395 e. The summed E-state index contributed by atoms with van der Waals surface area (Å²) in [6, 6.07) is 26.8. The van der Waals surface area contributed by atoms with E-state index in [1.807, 2.05) is 0 Å². The van der Waals surface area contributed by atoms with Gasteiger partial charge in [-0.1, -0.05) is 24.3 Å². The van der Waals surface area contributed by atoms with Gasteiger partial charge in [-0.3, -0.25) is 9.11 Å². The van der Waals surface area contributed by atoms with Crippen LogP contribution >= 0.6 is 0 Å². The van der Waals surface area contributed by atoms with E-state index in [-0.39, 0.29) is 116 Å². The largest absolute Gasteiger partial charge is 0.395 e.